The van der Waals surface area contributed by atoms with Gasteiger partial charge in [0, 0.05) is 88.1 Å². The van der Waals surface area contributed by atoms with Crippen LogP contribution in [0.25, 0.3) is 166 Å². The molecule has 2 aliphatic heterocycles. The fraction of sp³-hybridized carbons (Fsp3) is 0.100. The summed E-state index contributed by atoms with van der Waals surface area (Å²) < 4.78 is 10.3. The Balaban J connectivity index is 0.855. The summed E-state index contributed by atoms with van der Waals surface area (Å²) in [4.78, 5) is 5.38. The van der Waals surface area contributed by atoms with Gasteiger partial charge < -0.3 is 28.1 Å². The predicted octanol–water partition coefficient (Wildman–Crippen LogP) is 30.4. The molecule has 0 unspecified atom stereocenters. The van der Waals surface area contributed by atoms with Crippen LogP contribution in [-0.4, -0.2) is 25.0 Å². The summed E-state index contributed by atoms with van der Waals surface area (Å²) in [7, 11) is 0. The Morgan fingerprint density at radius 1 is 0.189 bits per heavy atom. The van der Waals surface area contributed by atoms with Crippen LogP contribution in [0, 0.1) is 0 Å². The zero-order chi connectivity index (χ0) is 85.5. The van der Waals surface area contributed by atoms with E-state index < -0.39 is 0 Å². The Hall–Kier alpha value is -15.2. The first-order valence-electron chi connectivity index (χ1n) is 44.8. The van der Waals surface area contributed by atoms with E-state index in [1.54, 1.807) is 0 Å². The summed E-state index contributed by atoms with van der Waals surface area (Å²) in [5.41, 5.74) is 38.2. The summed E-state index contributed by atoms with van der Waals surface area (Å²) in [6.45, 7) is 21.1. The molecule has 127 heavy (non-hydrogen) atoms. The maximum atomic E-state index is 2.70. The largest absolute Gasteiger partial charge is 0.311 e. The number of para-hydroxylation sites is 11. The van der Waals surface area contributed by atoms with Gasteiger partial charge in [0.15, 0.2) is 0 Å². The molecule has 0 bridgehead atoms. The fourth-order valence-corrected chi connectivity index (χ4v) is 21.5. The molecule has 2 aliphatic rings. The van der Waals surface area contributed by atoms with Crippen molar-refractivity contribution in [2.45, 2.75) is 78.6 Å². The zero-order valence-corrected chi connectivity index (χ0v) is 72.9. The molecule has 0 amide bonds. The van der Waals surface area contributed by atoms with Crippen LogP contribution in [0.4, 0.5) is 34.1 Å². The lowest BCUT2D eigenvalue weighted by atomic mass is 9.33. The van der Waals surface area contributed by atoms with Crippen molar-refractivity contribution in [3.8, 4) is 78.4 Å². The van der Waals surface area contributed by atoms with Gasteiger partial charge in [0.05, 0.1) is 78.3 Å². The topological polar surface area (TPSA) is 26.2 Å². The Morgan fingerprint density at radius 3 is 0.921 bits per heavy atom. The second-order valence-corrected chi connectivity index (χ2v) is 37.9. The summed E-state index contributed by atoms with van der Waals surface area (Å²) in [6, 6.07) is 152. The third kappa shape index (κ3) is 11.8. The number of nitrogens with zero attached hydrogens (tertiary/aromatic N) is 6. The van der Waals surface area contributed by atoms with Crippen molar-refractivity contribution < 1.29 is 0 Å². The number of anilines is 6. The molecule has 0 spiro atoms. The second kappa shape index (κ2) is 28.7. The van der Waals surface area contributed by atoms with Gasteiger partial charge in [0.25, 0.3) is 6.71 Å². The molecule has 22 aromatic rings. The molecule has 0 aliphatic carbocycles. The average Bonchev–Trinajstić information content (AvgIpc) is 1.54. The van der Waals surface area contributed by atoms with E-state index in [9.17, 15) is 0 Å². The maximum Gasteiger partial charge on any atom is 0.252 e. The normalized spacial score (nSPS) is 12.9. The van der Waals surface area contributed by atoms with Crippen LogP contribution in [-0.2, 0) is 16.2 Å². The summed E-state index contributed by atoms with van der Waals surface area (Å²) in [6.07, 6.45) is 0. The quantitative estimate of drug-likeness (QED) is 0.121. The number of hydrogen-bond acceptors (Lipinski definition) is 2. The van der Waals surface area contributed by atoms with Gasteiger partial charge in [-0.05, 0) is 186 Å². The molecule has 0 atom stereocenters. The summed E-state index contributed by atoms with van der Waals surface area (Å²) >= 11 is 0. The Labute approximate surface area is 741 Å². The first-order valence-corrected chi connectivity index (χ1v) is 44.8. The van der Waals surface area contributed by atoms with Crippen molar-refractivity contribution in [1.29, 1.82) is 0 Å². The first kappa shape index (κ1) is 75.6. The van der Waals surface area contributed by atoms with Gasteiger partial charge in [-0.25, -0.2) is 0 Å². The van der Waals surface area contributed by atoms with E-state index >= 15 is 0 Å². The highest BCUT2D eigenvalue weighted by Crippen LogP contribution is 2.55. The molecule has 24 rings (SSSR count). The van der Waals surface area contributed by atoms with Crippen molar-refractivity contribution in [2.75, 3.05) is 9.80 Å². The van der Waals surface area contributed by atoms with Crippen LogP contribution in [0.1, 0.15) is 79.0 Å². The van der Waals surface area contributed by atoms with Gasteiger partial charge in [0.2, 0.25) is 0 Å². The molecule has 4 aromatic heterocycles. The van der Waals surface area contributed by atoms with Crippen LogP contribution >= 0.6 is 0 Å². The monoisotopic (exact) mass is 1630 g/mol. The SMILES string of the molecule is CC(C)(C)c1cc(-c2ccc3c(c2)N(c2ccccc2-c2ccccc2)c2cc(-c4ccc(C(C)(C)C)cc4C(C)(C)C)cc4c2B3c2ccc(-c3cccc(-n5c6ccccc6c6ccccc65)c3-n3c5ccccc5c5ccccc53)cc2N4c2ccccc2-c2ccccc2)c(-n2c3ccccc3c3ccccc32)c(-n2c3ccccc3c3ccccc32)c1. The highest BCUT2D eigenvalue weighted by atomic mass is 15.2. The van der Waals surface area contributed by atoms with Crippen LogP contribution in [0.3, 0.4) is 0 Å². The van der Waals surface area contributed by atoms with Gasteiger partial charge in [-0.2, -0.15) is 0 Å². The van der Waals surface area contributed by atoms with Crippen LogP contribution in [0.2, 0.25) is 0 Å². The smallest absolute Gasteiger partial charge is 0.252 e. The van der Waals surface area contributed by atoms with Crippen molar-refractivity contribution in [1.82, 2.24) is 18.3 Å². The predicted molar refractivity (Wildman–Crippen MR) is 541 cm³/mol. The van der Waals surface area contributed by atoms with E-state index in [4.69, 9.17) is 0 Å². The molecule has 0 N–H and O–H groups in total. The van der Waals surface area contributed by atoms with Gasteiger partial charge in [-0.15, -0.1) is 0 Å². The van der Waals surface area contributed by atoms with Crippen LogP contribution in [0.5, 0.6) is 0 Å². The summed E-state index contributed by atoms with van der Waals surface area (Å²) in [5, 5.41) is 9.67. The molecule has 0 saturated carbocycles. The number of benzene rings is 18. The van der Waals surface area contributed by atoms with Crippen molar-refractivity contribution in [3.05, 3.63) is 417 Å². The number of rotatable bonds is 11. The van der Waals surface area contributed by atoms with Gasteiger partial charge in [0.1, 0.15) is 0 Å². The average molecular weight is 1630 g/mol. The molecule has 606 valence electrons. The van der Waals surface area contributed by atoms with E-state index in [1.165, 1.54) is 81.7 Å². The minimum absolute atomic E-state index is 0.116. The fourth-order valence-electron chi connectivity index (χ4n) is 21.5. The second-order valence-electron chi connectivity index (χ2n) is 37.9. The first-order chi connectivity index (χ1) is 62.0. The molecule has 0 radical (unpaired) electrons. The van der Waals surface area contributed by atoms with E-state index in [0.29, 0.717) is 0 Å². The molecule has 18 aromatic carbocycles. The van der Waals surface area contributed by atoms with E-state index in [-0.39, 0.29) is 23.0 Å². The number of aromatic nitrogens is 4. The standard InChI is InChI=1S/C120H93BN6/c1-118(2,3)81-65-66-83(96(74-81)120(7,8)9)80-71-112-115-113(72-80)125(100-53-27-17-42-85(100)77-39-14-11-15-40-77)111-70-79(95-73-82(119(4,5)6)75-114(123-103-56-30-20-45-89(103)90-46-21-31-57-104(90)123)117(95)127-107-60-34-24-49-93(107)94-50-25-35-61-108(94)127)64-68-98(111)121(115)97-67-63-78(69-110(97)124(112)99-52-26-16-41-84(99)76-37-12-10-13-38-76)86-51-36-62-109(122-101-54-28-18-43-87(101)88-44-19-29-55-102(88)122)116(86)126-105-58-32-22-47-91(105)92-48-23-33-59-106(92)126/h10-75H,1-9H3. The minimum Gasteiger partial charge on any atom is -0.311 e. The molecular weight excluding hydrogens is 1540 g/mol. The summed E-state index contributed by atoms with van der Waals surface area (Å²) in [5.74, 6) is 0. The lowest BCUT2D eigenvalue weighted by Crippen LogP contribution is -2.61. The zero-order valence-electron chi connectivity index (χ0n) is 72.9. The van der Waals surface area contributed by atoms with E-state index in [1.807, 2.05) is 0 Å². The molecule has 0 fully saturated rings. The number of fused-ring (bicyclic) bond motifs is 16. The highest BCUT2D eigenvalue weighted by molar-refractivity contribution is 7.00. The third-order valence-corrected chi connectivity index (χ3v) is 27.4. The number of hydrogen-bond donors (Lipinski definition) is 0. The lowest BCUT2D eigenvalue weighted by molar-refractivity contribution is 0.570. The molecule has 7 heteroatoms. The van der Waals surface area contributed by atoms with E-state index in [0.717, 1.165) is 151 Å². The lowest BCUT2D eigenvalue weighted by Gasteiger charge is -2.45. The van der Waals surface area contributed by atoms with Crippen molar-refractivity contribution >= 4 is 144 Å². The highest BCUT2D eigenvalue weighted by Gasteiger charge is 2.46. The Morgan fingerprint density at radius 2 is 0.520 bits per heavy atom. The molecule has 6 heterocycles. The molecule has 0 saturated heterocycles. The van der Waals surface area contributed by atoms with Crippen molar-refractivity contribution in [2.24, 2.45) is 0 Å². The van der Waals surface area contributed by atoms with Crippen LogP contribution < -0.4 is 26.2 Å². The van der Waals surface area contributed by atoms with Gasteiger partial charge in [-0.3, -0.25) is 0 Å². The van der Waals surface area contributed by atoms with Gasteiger partial charge >= 0.3 is 0 Å². The van der Waals surface area contributed by atoms with Crippen molar-refractivity contribution in [3.63, 3.8) is 0 Å². The molecular formula is C120H93BN6. The Kier molecular flexibility index (Phi) is 17.1. The molecule has 6 nitrogen and oxygen atoms in total. The maximum absolute atomic E-state index is 2.70. The van der Waals surface area contributed by atoms with E-state index in [2.05, 4.69) is 491 Å². The van der Waals surface area contributed by atoms with Gasteiger partial charge in [-0.1, -0.05) is 360 Å². The van der Waals surface area contributed by atoms with Crippen LogP contribution in [0.15, 0.2) is 400 Å². The third-order valence-electron chi connectivity index (χ3n) is 27.4. The minimum atomic E-state index is -0.315. The Bertz CT molecular complexity index is 8080.